The number of nitrogens with zero attached hydrogens (tertiary/aromatic N) is 1. The van der Waals surface area contributed by atoms with E-state index in [-0.39, 0.29) is 29.9 Å². The smallest absolute Gasteiger partial charge is 0.246 e. The first-order chi connectivity index (χ1) is 8.43. The van der Waals surface area contributed by atoms with Gasteiger partial charge in [-0.2, -0.15) is 4.31 Å². The van der Waals surface area contributed by atoms with Crippen molar-refractivity contribution in [3.05, 3.63) is 29.6 Å². The van der Waals surface area contributed by atoms with Crippen molar-refractivity contribution in [1.29, 1.82) is 0 Å². The molecule has 108 valence electrons. The maximum atomic E-state index is 13.8. The van der Waals surface area contributed by atoms with Gasteiger partial charge in [0.25, 0.3) is 0 Å². The molecule has 0 spiro atoms. The summed E-state index contributed by atoms with van der Waals surface area (Å²) in [6.07, 6.45) is 1.52. The molecule has 0 radical (unpaired) electrons. The van der Waals surface area contributed by atoms with E-state index < -0.39 is 15.8 Å². The standard InChI is InChI=1S/C12H17FN2O2S.ClH/c1-9-4-2-6-11(13)12(9)18(16,17)15-7-3-5-10(14)8-15;/h2,4,6,10H,3,5,7-8,14H2,1H3;1H. The molecule has 1 fully saturated rings. The monoisotopic (exact) mass is 308 g/mol. The topological polar surface area (TPSA) is 63.4 Å². The minimum absolute atomic E-state index is 0. The number of sulfonamides is 1. The second-order valence-electron chi connectivity index (χ2n) is 4.65. The molecule has 2 N–H and O–H groups in total. The largest absolute Gasteiger partial charge is 0.327 e. The highest BCUT2D eigenvalue weighted by molar-refractivity contribution is 7.89. The van der Waals surface area contributed by atoms with Crippen molar-refractivity contribution in [3.63, 3.8) is 0 Å². The van der Waals surface area contributed by atoms with Crippen LogP contribution < -0.4 is 5.73 Å². The van der Waals surface area contributed by atoms with Crippen LogP contribution in [0.2, 0.25) is 0 Å². The fraction of sp³-hybridized carbons (Fsp3) is 0.500. The van der Waals surface area contributed by atoms with Gasteiger partial charge in [-0.1, -0.05) is 12.1 Å². The lowest BCUT2D eigenvalue weighted by molar-refractivity contribution is 0.315. The van der Waals surface area contributed by atoms with Crippen LogP contribution in [0.15, 0.2) is 23.1 Å². The van der Waals surface area contributed by atoms with Gasteiger partial charge in [-0.25, -0.2) is 12.8 Å². The average molecular weight is 309 g/mol. The molecule has 0 saturated carbocycles. The Hall–Kier alpha value is -0.690. The fourth-order valence-electron chi connectivity index (χ4n) is 2.26. The zero-order chi connectivity index (χ0) is 13.3. The van der Waals surface area contributed by atoms with Gasteiger partial charge in [0.05, 0.1) is 0 Å². The van der Waals surface area contributed by atoms with Gasteiger partial charge in [0.1, 0.15) is 10.7 Å². The maximum Gasteiger partial charge on any atom is 0.246 e. The SMILES string of the molecule is Cc1cccc(F)c1S(=O)(=O)N1CCCC(N)C1.Cl. The summed E-state index contributed by atoms with van der Waals surface area (Å²) in [5.74, 6) is -0.700. The van der Waals surface area contributed by atoms with Crippen molar-refractivity contribution in [2.45, 2.75) is 30.7 Å². The van der Waals surface area contributed by atoms with E-state index in [2.05, 4.69) is 0 Å². The Morgan fingerprint density at radius 1 is 1.42 bits per heavy atom. The second-order valence-corrected chi connectivity index (χ2v) is 6.53. The third-order valence-corrected chi connectivity index (χ3v) is 5.23. The molecule has 19 heavy (non-hydrogen) atoms. The molecule has 1 heterocycles. The predicted molar refractivity (Wildman–Crippen MR) is 74.4 cm³/mol. The number of hydrogen-bond donors (Lipinski definition) is 1. The highest BCUT2D eigenvalue weighted by Crippen LogP contribution is 2.25. The average Bonchev–Trinajstić information content (AvgIpc) is 2.28. The summed E-state index contributed by atoms with van der Waals surface area (Å²) in [7, 11) is -3.78. The molecule has 1 saturated heterocycles. The molecular weight excluding hydrogens is 291 g/mol. The summed E-state index contributed by atoms with van der Waals surface area (Å²) in [6, 6.07) is 4.11. The Morgan fingerprint density at radius 3 is 2.68 bits per heavy atom. The van der Waals surface area contributed by atoms with Crippen LogP contribution in [-0.2, 0) is 10.0 Å². The predicted octanol–water partition coefficient (Wildman–Crippen LogP) is 1.67. The Morgan fingerprint density at radius 2 is 2.11 bits per heavy atom. The molecule has 0 aromatic heterocycles. The molecule has 0 bridgehead atoms. The number of rotatable bonds is 2. The Bertz CT molecular complexity index is 530. The van der Waals surface area contributed by atoms with Crippen LogP contribution in [0.5, 0.6) is 0 Å². The van der Waals surface area contributed by atoms with Gasteiger partial charge in [0.2, 0.25) is 10.0 Å². The summed E-state index contributed by atoms with van der Waals surface area (Å²) in [6.45, 7) is 2.26. The van der Waals surface area contributed by atoms with Crippen LogP contribution in [0.4, 0.5) is 4.39 Å². The fourth-order valence-corrected chi connectivity index (χ4v) is 4.07. The zero-order valence-corrected chi connectivity index (χ0v) is 12.3. The summed E-state index contributed by atoms with van der Waals surface area (Å²) in [4.78, 5) is -0.223. The summed E-state index contributed by atoms with van der Waals surface area (Å²) in [5, 5.41) is 0. The normalized spacial score (nSPS) is 20.9. The van der Waals surface area contributed by atoms with Crippen molar-refractivity contribution >= 4 is 22.4 Å². The Kier molecular flexibility index (Phi) is 5.32. The van der Waals surface area contributed by atoms with E-state index in [4.69, 9.17) is 5.73 Å². The van der Waals surface area contributed by atoms with E-state index in [0.717, 1.165) is 6.42 Å². The molecule has 1 atom stereocenters. The Balaban J connectivity index is 0.00000180. The van der Waals surface area contributed by atoms with Crippen LogP contribution in [0.1, 0.15) is 18.4 Å². The van der Waals surface area contributed by atoms with E-state index in [1.807, 2.05) is 0 Å². The van der Waals surface area contributed by atoms with E-state index >= 15 is 0 Å². The van der Waals surface area contributed by atoms with E-state index in [9.17, 15) is 12.8 Å². The number of nitrogens with two attached hydrogens (primary N) is 1. The summed E-state index contributed by atoms with van der Waals surface area (Å²) < 4.78 is 39.9. The van der Waals surface area contributed by atoms with Gasteiger partial charge in [-0.3, -0.25) is 0 Å². The number of piperidine rings is 1. The minimum Gasteiger partial charge on any atom is -0.327 e. The molecule has 2 rings (SSSR count). The minimum atomic E-state index is -3.78. The molecule has 1 aromatic carbocycles. The lowest BCUT2D eigenvalue weighted by Gasteiger charge is -2.30. The molecule has 1 aliphatic rings. The van der Waals surface area contributed by atoms with Crippen LogP contribution >= 0.6 is 12.4 Å². The van der Waals surface area contributed by atoms with Gasteiger partial charge in [0.15, 0.2) is 0 Å². The van der Waals surface area contributed by atoms with E-state index in [1.54, 1.807) is 13.0 Å². The summed E-state index contributed by atoms with van der Waals surface area (Å²) in [5.41, 5.74) is 6.20. The quantitative estimate of drug-likeness (QED) is 0.904. The first-order valence-electron chi connectivity index (χ1n) is 5.94. The van der Waals surface area contributed by atoms with Crippen molar-refractivity contribution in [2.24, 2.45) is 5.73 Å². The first kappa shape index (κ1) is 16.4. The van der Waals surface area contributed by atoms with Crippen molar-refractivity contribution in [3.8, 4) is 0 Å². The van der Waals surface area contributed by atoms with Crippen LogP contribution in [0.3, 0.4) is 0 Å². The van der Waals surface area contributed by atoms with Gasteiger partial charge < -0.3 is 5.73 Å². The highest BCUT2D eigenvalue weighted by atomic mass is 35.5. The molecule has 7 heteroatoms. The van der Waals surface area contributed by atoms with Gasteiger partial charge in [-0.05, 0) is 31.4 Å². The highest BCUT2D eigenvalue weighted by Gasteiger charge is 2.31. The molecular formula is C12H18ClFN2O2S. The maximum absolute atomic E-state index is 13.8. The van der Waals surface area contributed by atoms with Crippen LogP contribution in [-0.4, -0.2) is 31.9 Å². The molecule has 4 nitrogen and oxygen atoms in total. The molecule has 0 amide bonds. The number of halogens is 2. The van der Waals surface area contributed by atoms with E-state index in [1.165, 1.54) is 16.4 Å². The van der Waals surface area contributed by atoms with Gasteiger partial charge in [0, 0.05) is 19.1 Å². The molecule has 1 aromatic rings. The van der Waals surface area contributed by atoms with Crippen molar-refractivity contribution in [1.82, 2.24) is 4.31 Å². The third-order valence-electron chi connectivity index (χ3n) is 3.18. The van der Waals surface area contributed by atoms with Crippen LogP contribution in [0, 0.1) is 12.7 Å². The lowest BCUT2D eigenvalue weighted by atomic mass is 10.1. The van der Waals surface area contributed by atoms with Crippen molar-refractivity contribution < 1.29 is 12.8 Å². The number of aryl methyl sites for hydroxylation is 1. The number of benzene rings is 1. The second kappa shape index (κ2) is 6.17. The molecule has 1 unspecified atom stereocenters. The van der Waals surface area contributed by atoms with Crippen LogP contribution in [0.25, 0.3) is 0 Å². The van der Waals surface area contributed by atoms with Crippen molar-refractivity contribution in [2.75, 3.05) is 13.1 Å². The lowest BCUT2D eigenvalue weighted by Crippen LogP contribution is -2.45. The van der Waals surface area contributed by atoms with Gasteiger partial charge in [-0.15, -0.1) is 12.4 Å². The summed E-state index contributed by atoms with van der Waals surface area (Å²) >= 11 is 0. The van der Waals surface area contributed by atoms with Gasteiger partial charge >= 0.3 is 0 Å². The third kappa shape index (κ3) is 3.25. The molecule has 0 aliphatic carbocycles. The first-order valence-corrected chi connectivity index (χ1v) is 7.38. The Labute approximate surface area is 119 Å². The van der Waals surface area contributed by atoms with E-state index in [0.29, 0.717) is 18.5 Å². The molecule has 1 aliphatic heterocycles. The number of hydrogen-bond acceptors (Lipinski definition) is 3. The zero-order valence-electron chi connectivity index (χ0n) is 10.7.